The summed E-state index contributed by atoms with van der Waals surface area (Å²) in [5, 5.41) is 0. The molecule has 1 unspecified atom stereocenters. The summed E-state index contributed by atoms with van der Waals surface area (Å²) in [6.07, 6.45) is 2.90. The maximum Gasteiger partial charge on any atom is 0.514 e. The standard InChI is InChI=1S/C13H19BFNO3S/c1-12(2)13(3,4)19-14(18-12)11-9(8-20(5)17)10(15)6-7-16-11/h6-7H,8H2,1-5H3. The first-order valence-corrected chi connectivity index (χ1v) is 8.16. The van der Waals surface area contributed by atoms with Gasteiger partial charge in [-0.25, -0.2) is 4.39 Å². The second kappa shape index (κ2) is 5.20. The van der Waals surface area contributed by atoms with Crippen LogP contribution in [0.15, 0.2) is 12.3 Å². The van der Waals surface area contributed by atoms with E-state index in [-0.39, 0.29) is 5.75 Å². The quantitative estimate of drug-likeness (QED) is 0.792. The van der Waals surface area contributed by atoms with Gasteiger partial charge < -0.3 is 9.31 Å². The molecule has 2 heterocycles. The van der Waals surface area contributed by atoms with E-state index in [1.807, 2.05) is 27.7 Å². The van der Waals surface area contributed by atoms with E-state index in [9.17, 15) is 8.60 Å². The number of rotatable bonds is 3. The van der Waals surface area contributed by atoms with Crippen LogP contribution < -0.4 is 5.59 Å². The molecule has 0 spiro atoms. The fraction of sp³-hybridized carbons (Fsp3) is 0.615. The Balaban J connectivity index is 2.40. The topological polar surface area (TPSA) is 48.4 Å². The first-order chi connectivity index (χ1) is 9.14. The van der Waals surface area contributed by atoms with Crippen LogP contribution in [0.25, 0.3) is 0 Å². The SMILES string of the molecule is CS(=O)Cc1c(F)ccnc1B1OC(C)(C)C(C)(C)O1. The maximum atomic E-state index is 14.0. The highest BCUT2D eigenvalue weighted by Crippen LogP contribution is 2.36. The lowest BCUT2D eigenvalue weighted by Gasteiger charge is -2.32. The fourth-order valence-electron chi connectivity index (χ4n) is 1.99. The highest BCUT2D eigenvalue weighted by Gasteiger charge is 2.53. The lowest BCUT2D eigenvalue weighted by molar-refractivity contribution is 0.00578. The van der Waals surface area contributed by atoms with Crippen LogP contribution >= 0.6 is 0 Å². The molecule has 0 saturated carbocycles. The second-order valence-corrected chi connectivity index (χ2v) is 7.40. The van der Waals surface area contributed by atoms with E-state index in [0.29, 0.717) is 11.2 Å². The van der Waals surface area contributed by atoms with Gasteiger partial charge in [0, 0.05) is 28.8 Å². The molecule has 1 aliphatic rings. The summed E-state index contributed by atoms with van der Waals surface area (Å²) in [7, 11) is -1.91. The molecule has 0 bridgehead atoms. The minimum atomic E-state index is -1.17. The van der Waals surface area contributed by atoms with Gasteiger partial charge in [0.25, 0.3) is 0 Å². The van der Waals surface area contributed by atoms with Crippen LogP contribution in [-0.2, 0) is 25.9 Å². The zero-order valence-corrected chi connectivity index (χ0v) is 13.2. The van der Waals surface area contributed by atoms with Crippen molar-refractivity contribution >= 4 is 23.5 Å². The van der Waals surface area contributed by atoms with Crippen molar-refractivity contribution in [2.24, 2.45) is 0 Å². The van der Waals surface area contributed by atoms with E-state index < -0.39 is 34.9 Å². The van der Waals surface area contributed by atoms with Crippen molar-refractivity contribution in [3.05, 3.63) is 23.6 Å². The van der Waals surface area contributed by atoms with Gasteiger partial charge in [0.05, 0.1) is 22.5 Å². The third-order valence-corrected chi connectivity index (χ3v) is 4.55. The molecule has 0 N–H and O–H groups in total. The average molecular weight is 299 g/mol. The van der Waals surface area contributed by atoms with Gasteiger partial charge in [0.1, 0.15) is 5.82 Å². The number of aromatic nitrogens is 1. The minimum Gasteiger partial charge on any atom is -0.398 e. The number of hydrogen-bond donors (Lipinski definition) is 0. The van der Waals surface area contributed by atoms with Crippen LogP contribution in [0.4, 0.5) is 4.39 Å². The lowest BCUT2D eigenvalue weighted by Crippen LogP contribution is -2.41. The van der Waals surface area contributed by atoms with Crippen LogP contribution in [0.3, 0.4) is 0 Å². The molecule has 110 valence electrons. The van der Waals surface area contributed by atoms with Gasteiger partial charge in [-0.2, -0.15) is 0 Å². The molecule has 0 radical (unpaired) electrons. The lowest BCUT2D eigenvalue weighted by atomic mass is 9.81. The van der Waals surface area contributed by atoms with Gasteiger partial charge in [-0.05, 0) is 33.8 Å². The average Bonchev–Trinajstić information content (AvgIpc) is 2.50. The van der Waals surface area contributed by atoms with Gasteiger partial charge in [-0.3, -0.25) is 9.19 Å². The highest BCUT2D eigenvalue weighted by molar-refractivity contribution is 7.83. The summed E-state index contributed by atoms with van der Waals surface area (Å²) >= 11 is 0. The van der Waals surface area contributed by atoms with E-state index in [1.165, 1.54) is 18.5 Å². The molecule has 1 atom stereocenters. The Bertz CT molecular complexity index is 534. The van der Waals surface area contributed by atoms with E-state index in [4.69, 9.17) is 9.31 Å². The monoisotopic (exact) mass is 299 g/mol. The number of nitrogens with zero attached hydrogens (tertiary/aromatic N) is 1. The third kappa shape index (κ3) is 2.80. The van der Waals surface area contributed by atoms with Crippen LogP contribution in [0.5, 0.6) is 0 Å². The first kappa shape index (κ1) is 15.6. The Labute approximate surface area is 121 Å². The van der Waals surface area contributed by atoms with E-state index >= 15 is 0 Å². The molecule has 2 rings (SSSR count). The van der Waals surface area contributed by atoms with Crippen molar-refractivity contribution < 1.29 is 17.9 Å². The Morgan fingerprint density at radius 3 is 2.35 bits per heavy atom. The Morgan fingerprint density at radius 1 is 1.30 bits per heavy atom. The normalized spacial score (nSPS) is 22.0. The van der Waals surface area contributed by atoms with Crippen LogP contribution in [-0.4, -0.2) is 33.8 Å². The zero-order valence-electron chi connectivity index (χ0n) is 12.4. The van der Waals surface area contributed by atoms with Crippen molar-refractivity contribution in [3.63, 3.8) is 0 Å². The molecule has 1 saturated heterocycles. The first-order valence-electron chi connectivity index (χ1n) is 6.43. The summed E-state index contributed by atoms with van der Waals surface area (Å²) in [6.45, 7) is 7.68. The van der Waals surface area contributed by atoms with E-state index in [1.54, 1.807) is 0 Å². The molecule has 1 aromatic heterocycles. The second-order valence-electron chi connectivity index (χ2n) is 5.96. The van der Waals surface area contributed by atoms with Gasteiger partial charge in [0.2, 0.25) is 0 Å². The van der Waals surface area contributed by atoms with Crippen LogP contribution in [0.1, 0.15) is 33.3 Å². The molecule has 0 amide bonds. The van der Waals surface area contributed by atoms with Crippen LogP contribution in [0, 0.1) is 5.82 Å². The summed E-state index contributed by atoms with van der Waals surface area (Å²) in [4.78, 5) is 4.18. The van der Waals surface area contributed by atoms with E-state index in [2.05, 4.69) is 4.98 Å². The third-order valence-electron chi connectivity index (χ3n) is 3.86. The fourth-order valence-corrected chi connectivity index (χ4v) is 2.68. The molecule has 7 heteroatoms. The summed E-state index contributed by atoms with van der Waals surface area (Å²) < 4.78 is 37.1. The number of halogens is 1. The maximum absolute atomic E-state index is 14.0. The molecule has 4 nitrogen and oxygen atoms in total. The van der Waals surface area contributed by atoms with Crippen molar-refractivity contribution in [3.8, 4) is 0 Å². The number of hydrogen-bond acceptors (Lipinski definition) is 4. The molecule has 20 heavy (non-hydrogen) atoms. The summed E-state index contributed by atoms with van der Waals surface area (Å²) in [5.74, 6) is -0.334. The molecular weight excluding hydrogens is 280 g/mol. The molecule has 1 aromatic rings. The van der Waals surface area contributed by atoms with Gasteiger partial charge in [-0.1, -0.05) is 0 Å². The molecule has 1 aliphatic heterocycles. The van der Waals surface area contributed by atoms with Crippen molar-refractivity contribution in [1.82, 2.24) is 4.98 Å². The predicted octanol–water partition coefficient (Wildman–Crippen LogP) is 1.40. The molecule has 1 fully saturated rings. The Kier molecular flexibility index (Phi) is 4.06. The van der Waals surface area contributed by atoms with Crippen molar-refractivity contribution in [2.75, 3.05) is 6.26 Å². The van der Waals surface area contributed by atoms with Gasteiger partial charge >= 0.3 is 7.12 Å². The van der Waals surface area contributed by atoms with Crippen molar-refractivity contribution in [2.45, 2.75) is 44.6 Å². The Hall–Kier alpha value is -0.785. The van der Waals surface area contributed by atoms with Crippen molar-refractivity contribution in [1.29, 1.82) is 0 Å². The number of pyridine rings is 1. The largest absolute Gasteiger partial charge is 0.514 e. The van der Waals surface area contributed by atoms with E-state index in [0.717, 1.165) is 0 Å². The molecule has 0 aromatic carbocycles. The van der Waals surface area contributed by atoms with Crippen LogP contribution in [0.2, 0.25) is 0 Å². The minimum absolute atomic E-state index is 0.0963. The predicted molar refractivity (Wildman–Crippen MR) is 77.7 cm³/mol. The molecule has 0 aliphatic carbocycles. The van der Waals surface area contributed by atoms with Gasteiger partial charge in [0.15, 0.2) is 0 Å². The van der Waals surface area contributed by atoms with Gasteiger partial charge in [-0.15, -0.1) is 0 Å². The summed E-state index contributed by atoms with van der Waals surface area (Å²) in [5.41, 5.74) is -0.367. The summed E-state index contributed by atoms with van der Waals surface area (Å²) in [6, 6.07) is 1.26. The highest BCUT2D eigenvalue weighted by atomic mass is 32.2. The zero-order chi connectivity index (χ0) is 15.1. The Morgan fingerprint density at radius 2 is 1.85 bits per heavy atom. The smallest absolute Gasteiger partial charge is 0.398 e. The molecular formula is C13H19BFNO3S.